The number of carbonyl (C=O) groups is 1. The molecule has 6 nitrogen and oxygen atoms in total. The topological polar surface area (TPSA) is 84.5 Å². The smallest absolute Gasteiger partial charge is 0.261 e. The Hall–Kier alpha value is -3.32. The van der Waals surface area contributed by atoms with Gasteiger partial charge in [0.05, 0.1) is 23.7 Å². The summed E-state index contributed by atoms with van der Waals surface area (Å²) in [5.41, 5.74) is 4.55. The first kappa shape index (κ1) is 24.3. The van der Waals surface area contributed by atoms with Crippen LogP contribution >= 0.6 is 0 Å². The molecule has 0 aromatic heterocycles. The van der Waals surface area contributed by atoms with E-state index in [9.17, 15) is 13.2 Å². The van der Waals surface area contributed by atoms with Crippen molar-refractivity contribution >= 4 is 21.6 Å². The van der Waals surface area contributed by atoms with Gasteiger partial charge in [-0.2, -0.15) is 0 Å². The summed E-state index contributed by atoms with van der Waals surface area (Å²) in [5, 5.41) is 3.07. The number of anilines is 1. The second kappa shape index (κ2) is 10.1. The SMILES string of the molecule is CC[C@H](NC(=O)c1ccc(NS(=O)(=O)c2ccc(C)cc2)c(C)c1)c1ccc(OC)c(C)c1. The number of carbonyl (C=O) groups excluding carboxylic acids is 1. The minimum absolute atomic E-state index is 0.151. The fourth-order valence-corrected chi connectivity index (χ4v) is 4.75. The molecular weight excluding hydrogens is 436 g/mol. The Morgan fingerprint density at radius 2 is 1.64 bits per heavy atom. The van der Waals surface area contributed by atoms with Crippen molar-refractivity contribution in [3.05, 3.63) is 88.5 Å². The van der Waals surface area contributed by atoms with Crippen LogP contribution in [0.2, 0.25) is 0 Å². The lowest BCUT2D eigenvalue weighted by Gasteiger charge is -2.19. The molecule has 0 radical (unpaired) electrons. The molecule has 0 spiro atoms. The van der Waals surface area contributed by atoms with Crippen molar-refractivity contribution in [2.45, 2.75) is 45.1 Å². The summed E-state index contributed by atoms with van der Waals surface area (Å²) < 4.78 is 33.3. The number of methoxy groups -OCH3 is 1. The molecule has 1 atom stereocenters. The molecule has 0 aliphatic rings. The first-order valence-corrected chi connectivity index (χ1v) is 12.3. The van der Waals surface area contributed by atoms with Gasteiger partial charge in [0, 0.05) is 5.56 Å². The van der Waals surface area contributed by atoms with E-state index >= 15 is 0 Å². The molecule has 0 heterocycles. The first-order valence-electron chi connectivity index (χ1n) is 10.8. The van der Waals surface area contributed by atoms with Gasteiger partial charge in [-0.3, -0.25) is 9.52 Å². The Morgan fingerprint density at radius 3 is 2.21 bits per heavy atom. The van der Waals surface area contributed by atoms with Crippen LogP contribution in [0.1, 0.15) is 52.0 Å². The highest BCUT2D eigenvalue weighted by atomic mass is 32.2. The van der Waals surface area contributed by atoms with Crippen molar-refractivity contribution in [1.29, 1.82) is 0 Å². The van der Waals surface area contributed by atoms with Gasteiger partial charge in [-0.25, -0.2) is 8.42 Å². The molecule has 3 rings (SSSR count). The predicted octanol–water partition coefficient (Wildman–Crippen LogP) is 5.30. The van der Waals surface area contributed by atoms with E-state index in [2.05, 4.69) is 10.0 Å². The molecule has 1 amide bonds. The lowest BCUT2D eigenvalue weighted by atomic mass is 10.0. The van der Waals surface area contributed by atoms with E-state index in [4.69, 9.17) is 4.74 Å². The lowest BCUT2D eigenvalue weighted by Crippen LogP contribution is -2.28. The fourth-order valence-electron chi connectivity index (χ4n) is 3.62. The Morgan fingerprint density at radius 1 is 0.939 bits per heavy atom. The second-order valence-electron chi connectivity index (χ2n) is 8.11. The van der Waals surface area contributed by atoms with Crippen molar-refractivity contribution in [3.63, 3.8) is 0 Å². The molecule has 2 N–H and O–H groups in total. The molecule has 174 valence electrons. The van der Waals surface area contributed by atoms with E-state index in [0.717, 1.165) is 28.9 Å². The van der Waals surface area contributed by atoms with Crippen LogP contribution < -0.4 is 14.8 Å². The third-order valence-electron chi connectivity index (χ3n) is 5.60. The number of hydrogen-bond acceptors (Lipinski definition) is 4. The van der Waals surface area contributed by atoms with Gasteiger partial charge in [-0.05, 0) is 80.3 Å². The van der Waals surface area contributed by atoms with Gasteiger partial charge in [-0.1, -0.05) is 36.8 Å². The summed E-state index contributed by atoms with van der Waals surface area (Å²) in [7, 11) is -2.08. The van der Waals surface area contributed by atoms with E-state index in [0.29, 0.717) is 16.8 Å². The molecular formula is C26H30N2O4S. The largest absolute Gasteiger partial charge is 0.496 e. The molecule has 0 fully saturated rings. The standard InChI is InChI=1S/C26H30N2O4S/c1-6-23(20-10-14-25(32-5)19(4)16-20)27-26(29)21-9-13-24(18(3)15-21)28-33(30,31)22-11-7-17(2)8-12-22/h7-16,23,28H,6H2,1-5H3,(H,27,29)/t23-/m0/s1. The van der Waals surface area contributed by atoms with Crippen molar-refractivity contribution in [1.82, 2.24) is 5.32 Å². The number of benzene rings is 3. The molecule has 0 saturated heterocycles. The number of nitrogens with one attached hydrogen (secondary N) is 2. The summed E-state index contributed by atoms with van der Waals surface area (Å²) in [4.78, 5) is 13.1. The average Bonchev–Trinajstić information content (AvgIpc) is 2.78. The molecule has 0 unspecified atom stereocenters. The summed E-state index contributed by atoms with van der Waals surface area (Å²) in [5.74, 6) is 0.589. The van der Waals surface area contributed by atoms with Crippen molar-refractivity contribution < 1.29 is 17.9 Å². The Bertz CT molecular complexity index is 1250. The minimum Gasteiger partial charge on any atom is -0.496 e. The van der Waals surface area contributed by atoms with Gasteiger partial charge < -0.3 is 10.1 Å². The molecule has 3 aromatic carbocycles. The Kier molecular flexibility index (Phi) is 7.43. The zero-order valence-electron chi connectivity index (χ0n) is 19.6. The van der Waals surface area contributed by atoms with Gasteiger partial charge in [-0.15, -0.1) is 0 Å². The summed E-state index contributed by atoms with van der Waals surface area (Å²) >= 11 is 0. The third kappa shape index (κ3) is 5.73. The van der Waals surface area contributed by atoms with E-state index in [1.54, 1.807) is 56.5 Å². The van der Waals surface area contributed by atoms with Gasteiger partial charge >= 0.3 is 0 Å². The maximum atomic E-state index is 12.9. The highest BCUT2D eigenvalue weighted by Crippen LogP contribution is 2.25. The molecule has 0 saturated carbocycles. The van der Waals surface area contributed by atoms with E-state index in [1.165, 1.54) is 0 Å². The third-order valence-corrected chi connectivity index (χ3v) is 6.98. The van der Waals surface area contributed by atoms with Crippen LogP contribution in [0.5, 0.6) is 5.75 Å². The van der Waals surface area contributed by atoms with Crippen molar-refractivity contribution in [2.24, 2.45) is 0 Å². The highest BCUT2D eigenvalue weighted by molar-refractivity contribution is 7.92. The van der Waals surface area contributed by atoms with Gasteiger partial charge in [0.1, 0.15) is 5.75 Å². The number of rotatable bonds is 8. The van der Waals surface area contributed by atoms with Gasteiger partial charge in [0.15, 0.2) is 0 Å². The maximum Gasteiger partial charge on any atom is 0.261 e. The second-order valence-corrected chi connectivity index (χ2v) is 9.79. The maximum absolute atomic E-state index is 12.9. The lowest BCUT2D eigenvalue weighted by molar-refractivity contribution is 0.0935. The Balaban J connectivity index is 1.76. The van der Waals surface area contributed by atoms with Crippen LogP contribution in [-0.4, -0.2) is 21.4 Å². The summed E-state index contributed by atoms with van der Waals surface area (Å²) in [6.45, 7) is 7.65. The first-order chi connectivity index (χ1) is 15.6. The fraction of sp³-hybridized carbons (Fsp3) is 0.269. The van der Waals surface area contributed by atoms with E-state index < -0.39 is 10.0 Å². The zero-order valence-corrected chi connectivity index (χ0v) is 20.4. The molecule has 0 aliphatic carbocycles. The minimum atomic E-state index is -3.72. The van der Waals surface area contributed by atoms with Crippen LogP contribution in [0.15, 0.2) is 65.6 Å². The van der Waals surface area contributed by atoms with Crippen molar-refractivity contribution in [3.8, 4) is 5.75 Å². The normalized spacial score (nSPS) is 12.2. The highest BCUT2D eigenvalue weighted by Gasteiger charge is 2.18. The van der Waals surface area contributed by atoms with Crippen LogP contribution in [0, 0.1) is 20.8 Å². The number of amides is 1. The number of ether oxygens (including phenoxy) is 1. The molecule has 7 heteroatoms. The van der Waals surface area contributed by atoms with Crippen LogP contribution in [0.25, 0.3) is 0 Å². The molecule has 0 aliphatic heterocycles. The molecule has 3 aromatic rings. The zero-order chi connectivity index (χ0) is 24.2. The van der Waals surface area contributed by atoms with Gasteiger partial charge in [0.25, 0.3) is 15.9 Å². The monoisotopic (exact) mass is 466 g/mol. The van der Waals surface area contributed by atoms with Crippen LogP contribution in [0.4, 0.5) is 5.69 Å². The van der Waals surface area contributed by atoms with Gasteiger partial charge in [0.2, 0.25) is 0 Å². The van der Waals surface area contributed by atoms with Crippen LogP contribution in [-0.2, 0) is 10.0 Å². The quantitative estimate of drug-likeness (QED) is 0.472. The Labute approximate surface area is 196 Å². The average molecular weight is 467 g/mol. The number of hydrogen-bond donors (Lipinski definition) is 2. The molecule has 33 heavy (non-hydrogen) atoms. The van der Waals surface area contributed by atoms with E-state index in [-0.39, 0.29) is 16.8 Å². The van der Waals surface area contributed by atoms with E-state index in [1.807, 2.05) is 39.0 Å². The predicted molar refractivity (Wildman–Crippen MR) is 131 cm³/mol. The number of sulfonamides is 1. The summed E-state index contributed by atoms with van der Waals surface area (Å²) in [6.07, 6.45) is 0.727. The number of aryl methyl sites for hydroxylation is 3. The summed E-state index contributed by atoms with van der Waals surface area (Å²) in [6, 6.07) is 17.3. The molecule has 0 bridgehead atoms. The van der Waals surface area contributed by atoms with Crippen LogP contribution in [0.3, 0.4) is 0 Å². The van der Waals surface area contributed by atoms with Crippen molar-refractivity contribution in [2.75, 3.05) is 11.8 Å².